The molecule has 0 aliphatic carbocycles. The maximum Gasteiger partial charge on any atom is 0.306 e. The summed E-state index contributed by atoms with van der Waals surface area (Å²) in [6.07, 6.45) is 36.0. The molecule has 0 aliphatic rings. The van der Waals surface area contributed by atoms with E-state index in [0.717, 1.165) is 70.6 Å². The lowest BCUT2D eigenvalue weighted by Crippen LogP contribution is -2.55. The molecule has 0 spiro atoms. The van der Waals surface area contributed by atoms with E-state index in [1.807, 2.05) is 0 Å². The van der Waals surface area contributed by atoms with Crippen LogP contribution in [0.2, 0.25) is 0 Å². The highest BCUT2D eigenvalue weighted by Gasteiger charge is 2.25. The van der Waals surface area contributed by atoms with E-state index >= 15 is 0 Å². The molecule has 0 bridgehead atoms. The lowest BCUT2D eigenvalue weighted by atomic mass is 10.1. The first kappa shape index (κ1) is 47.5. The summed E-state index contributed by atoms with van der Waals surface area (Å²) in [6.45, 7) is 4.51. The molecule has 0 radical (unpaired) electrons. The van der Waals surface area contributed by atoms with Gasteiger partial charge in [0.2, 0.25) is 0 Å². The molecule has 0 aliphatic heterocycles. The average molecular weight is 706 g/mol. The van der Waals surface area contributed by atoms with Gasteiger partial charge in [0, 0.05) is 19.3 Å². The van der Waals surface area contributed by atoms with Crippen molar-refractivity contribution in [2.45, 2.75) is 174 Å². The molecule has 2 atom stereocenters. The van der Waals surface area contributed by atoms with Crippen LogP contribution in [0.5, 0.6) is 0 Å². The lowest BCUT2D eigenvalue weighted by molar-refractivity contribution is -0.889. The molecule has 0 saturated carbocycles. The van der Waals surface area contributed by atoms with Crippen molar-refractivity contribution in [2.24, 2.45) is 0 Å². The SMILES string of the molecule is CC/C=C\C/C=C\C/C=C\CCCCCCCCCC(=O)OC(COCCC(C(=O)[O-])[N+](C)(C)C)COC(=O)CCCCCCCCCCC. The Morgan fingerprint density at radius 3 is 1.66 bits per heavy atom. The van der Waals surface area contributed by atoms with E-state index in [-0.39, 0.29) is 42.7 Å². The first-order valence-electron chi connectivity index (χ1n) is 20.0. The zero-order valence-corrected chi connectivity index (χ0v) is 32.8. The molecule has 0 aromatic rings. The Hall–Kier alpha value is -2.45. The molecule has 0 rings (SSSR count). The van der Waals surface area contributed by atoms with Gasteiger partial charge < -0.3 is 28.6 Å². The first-order chi connectivity index (χ1) is 24.1. The number of ether oxygens (including phenoxy) is 3. The van der Waals surface area contributed by atoms with Crippen molar-refractivity contribution >= 4 is 17.9 Å². The quantitative estimate of drug-likeness (QED) is 0.0281. The Kier molecular flexibility index (Phi) is 32.0. The van der Waals surface area contributed by atoms with Crippen LogP contribution < -0.4 is 5.11 Å². The van der Waals surface area contributed by atoms with Gasteiger partial charge in [-0.15, -0.1) is 0 Å². The molecule has 290 valence electrons. The highest BCUT2D eigenvalue weighted by atomic mass is 16.6. The molecule has 0 aromatic heterocycles. The van der Waals surface area contributed by atoms with E-state index in [0.29, 0.717) is 12.8 Å². The van der Waals surface area contributed by atoms with Gasteiger partial charge in [0.1, 0.15) is 12.6 Å². The molecular formula is C42H75NO7. The van der Waals surface area contributed by atoms with E-state index in [9.17, 15) is 19.5 Å². The molecule has 0 aromatic carbocycles. The minimum absolute atomic E-state index is 0.0382. The number of quaternary nitrogens is 1. The van der Waals surface area contributed by atoms with Crippen molar-refractivity contribution in [3.05, 3.63) is 36.5 Å². The zero-order chi connectivity index (χ0) is 37.1. The summed E-state index contributed by atoms with van der Waals surface area (Å²) in [5.74, 6) is -1.75. The number of rotatable bonds is 35. The number of carboxylic acids is 1. The molecule has 50 heavy (non-hydrogen) atoms. The fourth-order valence-electron chi connectivity index (χ4n) is 5.67. The molecule has 0 heterocycles. The van der Waals surface area contributed by atoms with E-state index in [2.05, 4.69) is 50.3 Å². The number of hydrogen-bond donors (Lipinski definition) is 0. The molecule has 8 nitrogen and oxygen atoms in total. The van der Waals surface area contributed by atoms with Gasteiger partial charge in [-0.25, -0.2) is 0 Å². The van der Waals surface area contributed by atoms with Crippen LogP contribution in [0.3, 0.4) is 0 Å². The number of aliphatic carboxylic acids is 1. The third kappa shape index (κ3) is 31.5. The highest BCUT2D eigenvalue weighted by molar-refractivity contribution is 5.70. The summed E-state index contributed by atoms with van der Waals surface area (Å²) in [5.41, 5.74) is 0. The third-order valence-electron chi connectivity index (χ3n) is 8.79. The topological polar surface area (TPSA) is 102 Å². The van der Waals surface area contributed by atoms with E-state index in [1.165, 1.54) is 57.8 Å². The van der Waals surface area contributed by atoms with Gasteiger partial charge in [-0.05, 0) is 44.9 Å². The van der Waals surface area contributed by atoms with E-state index in [4.69, 9.17) is 14.2 Å². The first-order valence-corrected chi connectivity index (χ1v) is 20.0. The Morgan fingerprint density at radius 1 is 0.620 bits per heavy atom. The maximum absolute atomic E-state index is 12.7. The summed E-state index contributed by atoms with van der Waals surface area (Å²) in [5, 5.41) is 11.6. The Labute approximate surface area is 306 Å². The summed E-state index contributed by atoms with van der Waals surface area (Å²) >= 11 is 0. The second-order valence-electron chi connectivity index (χ2n) is 14.5. The van der Waals surface area contributed by atoms with Crippen LogP contribution in [0.4, 0.5) is 0 Å². The fourth-order valence-corrected chi connectivity index (χ4v) is 5.67. The predicted molar refractivity (Wildman–Crippen MR) is 203 cm³/mol. The summed E-state index contributed by atoms with van der Waals surface area (Å²) in [4.78, 5) is 36.6. The monoisotopic (exact) mass is 706 g/mol. The molecule has 0 N–H and O–H groups in total. The minimum Gasteiger partial charge on any atom is -0.544 e. The van der Waals surface area contributed by atoms with Gasteiger partial charge in [-0.3, -0.25) is 9.59 Å². The zero-order valence-electron chi connectivity index (χ0n) is 32.8. The Bertz CT molecular complexity index is 922. The maximum atomic E-state index is 12.7. The van der Waals surface area contributed by atoms with Crippen LogP contribution in [0.1, 0.15) is 162 Å². The lowest BCUT2D eigenvalue weighted by Gasteiger charge is -2.34. The van der Waals surface area contributed by atoms with Crippen LogP contribution in [0, 0.1) is 0 Å². The molecular weight excluding hydrogens is 630 g/mol. The highest BCUT2D eigenvalue weighted by Crippen LogP contribution is 2.13. The van der Waals surface area contributed by atoms with E-state index in [1.54, 1.807) is 21.1 Å². The molecule has 0 saturated heterocycles. The van der Waals surface area contributed by atoms with Gasteiger partial charge in [-0.1, -0.05) is 134 Å². The van der Waals surface area contributed by atoms with Crippen LogP contribution in [-0.2, 0) is 28.6 Å². The number of allylic oxidation sites excluding steroid dienone is 6. The molecule has 8 heteroatoms. The van der Waals surface area contributed by atoms with Crippen LogP contribution >= 0.6 is 0 Å². The number of nitrogens with zero attached hydrogens (tertiary/aromatic N) is 1. The number of carbonyl (C=O) groups is 3. The van der Waals surface area contributed by atoms with Gasteiger partial charge in [0.15, 0.2) is 6.10 Å². The third-order valence-corrected chi connectivity index (χ3v) is 8.79. The molecule has 2 unspecified atom stereocenters. The van der Waals surface area contributed by atoms with Crippen molar-refractivity contribution in [1.29, 1.82) is 0 Å². The van der Waals surface area contributed by atoms with Gasteiger partial charge in [-0.2, -0.15) is 0 Å². The molecule has 0 amide bonds. The summed E-state index contributed by atoms with van der Waals surface area (Å²) in [7, 11) is 5.39. The normalized spacial score (nSPS) is 13.4. The van der Waals surface area contributed by atoms with Crippen LogP contribution in [0.15, 0.2) is 36.5 Å². The number of likely N-dealkylation sites (N-methyl/N-ethyl adjacent to an activating group) is 1. The number of esters is 2. The smallest absolute Gasteiger partial charge is 0.306 e. The fraction of sp³-hybridized carbons (Fsp3) is 0.786. The number of carbonyl (C=O) groups excluding carboxylic acids is 3. The molecule has 0 fully saturated rings. The standard InChI is InChI=1S/C42H75NO7/c1-6-8-10-12-14-16-17-18-19-20-21-22-23-25-27-29-31-33-41(45)50-38(36-48-35-34-39(42(46)47)43(3,4)5)37-49-40(44)32-30-28-26-24-15-13-11-9-7-2/h8,10,14,16,18-19,38-39H,6-7,9,11-13,15,17,20-37H2,1-5H3/b10-8-,16-14-,19-18-. The van der Waals surface area contributed by atoms with Crippen molar-refractivity contribution in [3.8, 4) is 0 Å². The van der Waals surface area contributed by atoms with Crippen LogP contribution in [0.25, 0.3) is 0 Å². The predicted octanol–water partition coefficient (Wildman–Crippen LogP) is 8.96. The van der Waals surface area contributed by atoms with Gasteiger partial charge in [0.25, 0.3) is 0 Å². The van der Waals surface area contributed by atoms with Crippen molar-refractivity contribution < 1.29 is 38.2 Å². The average Bonchev–Trinajstić information content (AvgIpc) is 3.06. The number of unbranched alkanes of at least 4 members (excludes halogenated alkanes) is 15. The Balaban J connectivity index is 4.37. The van der Waals surface area contributed by atoms with E-state index < -0.39 is 18.1 Å². The number of hydrogen-bond acceptors (Lipinski definition) is 7. The summed E-state index contributed by atoms with van der Waals surface area (Å²) in [6, 6.07) is -0.724. The number of carboxylic acid groups (broad SMARTS) is 1. The van der Waals surface area contributed by atoms with Crippen molar-refractivity contribution in [3.63, 3.8) is 0 Å². The van der Waals surface area contributed by atoms with Gasteiger partial charge in [0.05, 0.1) is 40.3 Å². The largest absolute Gasteiger partial charge is 0.544 e. The second-order valence-corrected chi connectivity index (χ2v) is 14.5. The van der Waals surface area contributed by atoms with Gasteiger partial charge >= 0.3 is 11.9 Å². The summed E-state index contributed by atoms with van der Waals surface area (Å²) < 4.78 is 17.1. The second kappa shape index (κ2) is 33.7. The van der Waals surface area contributed by atoms with Crippen LogP contribution in [-0.4, -0.2) is 75.5 Å². The van der Waals surface area contributed by atoms with Crippen molar-refractivity contribution in [2.75, 3.05) is 41.0 Å². The minimum atomic E-state index is -1.13. The van der Waals surface area contributed by atoms with Crippen molar-refractivity contribution in [1.82, 2.24) is 0 Å². The Morgan fingerprint density at radius 2 is 1.12 bits per heavy atom.